The third-order valence-electron chi connectivity index (χ3n) is 9.79. The smallest absolute Gasteiger partial charge is 0.222 e. The second-order valence-corrected chi connectivity index (χ2v) is 12.8. The summed E-state index contributed by atoms with van der Waals surface area (Å²) in [6, 6.07) is 17.9. The molecule has 4 bridgehead atoms. The van der Waals surface area contributed by atoms with Gasteiger partial charge in [0.25, 0.3) is 0 Å². The van der Waals surface area contributed by atoms with Gasteiger partial charge in [-0.3, -0.25) is 4.79 Å². The van der Waals surface area contributed by atoms with Gasteiger partial charge < -0.3 is 19.6 Å². The van der Waals surface area contributed by atoms with Crippen LogP contribution in [0.25, 0.3) is 22.3 Å². The highest BCUT2D eigenvalue weighted by atomic mass is 19.1. The molecule has 44 heavy (non-hydrogen) atoms. The summed E-state index contributed by atoms with van der Waals surface area (Å²) in [4.78, 5) is 26.4. The normalized spacial score (nSPS) is 20.5. The fraction of sp³-hybridized carbons (Fsp3) is 0.333. The van der Waals surface area contributed by atoms with Gasteiger partial charge in [-0.2, -0.15) is 0 Å². The number of H-pyrrole nitrogens is 2. The molecule has 0 saturated heterocycles. The molecule has 0 radical (unpaired) electrons. The molecule has 1 spiro atoms. The van der Waals surface area contributed by atoms with Gasteiger partial charge in [0.15, 0.2) is 11.6 Å². The zero-order valence-corrected chi connectivity index (χ0v) is 25.1. The Morgan fingerprint density at radius 2 is 1.77 bits per heavy atom. The number of aromatic nitrogens is 3. The largest absolute Gasteiger partial charge is 0.454 e. The van der Waals surface area contributed by atoms with E-state index in [9.17, 15) is 4.79 Å². The van der Waals surface area contributed by atoms with Crippen LogP contribution in [-0.4, -0.2) is 39.4 Å². The Morgan fingerprint density at radius 3 is 2.57 bits per heavy atom. The number of fused-ring (bicyclic) bond motifs is 8. The maximum absolute atomic E-state index is 15.6. The Hall–Kier alpha value is -4.46. The van der Waals surface area contributed by atoms with Crippen LogP contribution in [0.2, 0.25) is 0 Å². The Balaban J connectivity index is 1.33. The van der Waals surface area contributed by atoms with E-state index in [-0.39, 0.29) is 40.2 Å². The Bertz CT molecular complexity index is 1840. The highest BCUT2D eigenvalue weighted by Gasteiger charge is 2.44. The van der Waals surface area contributed by atoms with Crippen molar-refractivity contribution in [3.8, 4) is 22.9 Å². The van der Waals surface area contributed by atoms with Crippen molar-refractivity contribution in [2.24, 2.45) is 5.41 Å². The zero-order chi connectivity index (χ0) is 30.5. The predicted octanol–water partition coefficient (Wildman–Crippen LogP) is 8.29. The average Bonchev–Trinajstić information content (AvgIpc) is 3.37. The molecule has 2 aromatic heterocycles. The topological polar surface area (TPSA) is 74.0 Å². The van der Waals surface area contributed by atoms with Gasteiger partial charge in [-0.05, 0) is 74.3 Å². The molecule has 7 rings (SSSR count). The van der Waals surface area contributed by atoms with Crippen molar-refractivity contribution in [2.75, 3.05) is 13.6 Å². The van der Waals surface area contributed by atoms with E-state index in [1.165, 1.54) is 18.2 Å². The van der Waals surface area contributed by atoms with Crippen LogP contribution in [0.4, 0.5) is 8.78 Å². The second kappa shape index (κ2) is 10.9. The van der Waals surface area contributed by atoms with Crippen molar-refractivity contribution >= 4 is 16.8 Å². The lowest BCUT2D eigenvalue weighted by Crippen LogP contribution is -2.33. The summed E-state index contributed by atoms with van der Waals surface area (Å²) in [6.07, 6.45) is 9.12. The molecule has 1 atom stereocenters. The number of hydrogen-bond donors (Lipinski definition) is 2. The first-order chi connectivity index (χ1) is 21.2. The number of nitrogens with one attached hydrogen (secondary N) is 2. The van der Waals surface area contributed by atoms with E-state index in [1.807, 2.05) is 36.2 Å². The molecule has 1 aliphatic carbocycles. The van der Waals surface area contributed by atoms with Gasteiger partial charge in [-0.25, -0.2) is 13.8 Å². The van der Waals surface area contributed by atoms with Gasteiger partial charge in [0.05, 0.1) is 5.56 Å². The predicted molar refractivity (Wildman–Crippen MR) is 167 cm³/mol. The molecule has 226 valence electrons. The highest BCUT2D eigenvalue weighted by molar-refractivity contribution is 5.86. The zero-order valence-electron chi connectivity index (χ0n) is 25.1. The van der Waals surface area contributed by atoms with Gasteiger partial charge in [0.1, 0.15) is 17.4 Å². The molecule has 2 aliphatic rings. The molecule has 3 heterocycles. The molecule has 8 heteroatoms. The molecule has 5 aromatic rings. The van der Waals surface area contributed by atoms with Crippen molar-refractivity contribution in [3.05, 3.63) is 102 Å². The molecule has 1 amide bonds. The Morgan fingerprint density at radius 1 is 0.955 bits per heavy atom. The van der Waals surface area contributed by atoms with E-state index in [2.05, 4.69) is 34.0 Å². The SMILES string of the molecule is CN1CC2(CCCC(C)(c3ccccc3)c3cnc([nH]3)-c3cc(ccc3F)Oc3c(F)cc4[nH]ccc4c3CCC1=O)CC2. The monoisotopic (exact) mass is 594 g/mol. The summed E-state index contributed by atoms with van der Waals surface area (Å²) < 4.78 is 37.1. The van der Waals surface area contributed by atoms with Crippen molar-refractivity contribution in [2.45, 2.75) is 57.3 Å². The molecular formula is C36H36F2N4O2. The van der Waals surface area contributed by atoms with Crippen LogP contribution in [0.1, 0.15) is 62.3 Å². The van der Waals surface area contributed by atoms with E-state index in [0.29, 0.717) is 29.9 Å². The maximum atomic E-state index is 15.6. The van der Waals surface area contributed by atoms with Crippen molar-refractivity contribution < 1.29 is 18.3 Å². The average molecular weight is 595 g/mol. The van der Waals surface area contributed by atoms with Crippen LogP contribution in [0.15, 0.2) is 73.1 Å². The van der Waals surface area contributed by atoms with Crippen molar-refractivity contribution in [1.29, 1.82) is 0 Å². The number of ether oxygens (including phenoxy) is 1. The van der Waals surface area contributed by atoms with Crippen LogP contribution in [0, 0.1) is 17.0 Å². The summed E-state index contributed by atoms with van der Waals surface area (Å²) in [7, 11) is 1.88. The third kappa shape index (κ3) is 5.16. The van der Waals surface area contributed by atoms with Gasteiger partial charge >= 0.3 is 0 Å². The Kier molecular flexibility index (Phi) is 7.03. The molecule has 1 unspecified atom stereocenters. The molecule has 1 saturated carbocycles. The Labute approximate surface area is 255 Å². The minimum atomic E-state index is -0.552. The third-order valence-corrected chi connectivity index (χ3v) is 9.79. The number of benzene rings is 3. The van der Waals surface area contributed by atoms with E-state index >= 15 is 8.78 Å². The first-order valence-electron chi connectivity index (χ1n) is 15.4. The standard InChI is InChI=1S/C36H36F2N4O2/c1-35(23-7-4-3-5-8-23)14-6-15-36(16-17-36)22-42(2)32(43)12-10-26-25-13-18-39-30(25)20-29(38)33(26)44-24-9-11-28(37)27(19-24)34-40-21-31(35)41-34/h3-5,7-9,11,13,18-21,39H,6,10,12,14-17,22H2,1-2H3,(H,40,41). The summed E-state index contributed by atoms with van der Waals surface area (Å²) in [6.45, 7) is 2.91. The number of aromatic amines is 2. The number of rotatable bonds is 1. The van der Waals surface area contributed by atoms with Crippen molar-refractivity contribution in [3.63, 3.8) is 0 Å². The summed E-state index contributed by atoms with van der Waals surface area (Å²) >= 11 is 0. The minimum absolute atomic E-state index is 0.0240. The number of aryl methyl sites for hydroxylation is 1. The number of halogens is 2. The fourth-order valence-corrected chi connectivity index (χ4v) is 6.92. The van der Waals surface area contributed by atoms with Crippen LogP contribution < -0.4 is 4.74 Å². The van der Waals surface area contributed by atoms with Crippen molar-refractivity contribution in [1.82, 2.24) is 19.9 Å². The number of amides is 1. The quantitative estimate of drug-likeness (QED) is 0.205. The second-order valence-electron chi connectivity index (χ2n) is 12.8. The molecule has 1 fully saturated rings. The fourth-order valence-electron chi connectivity index (χ4n) is 6.92. The first-order valence-corrected chi connectivity index (χ1v) is 15.4. The lowest BCUT2D eigenvalue weighted by atomic mass is 9.75. The van der Waals surface area contributed by atoms with E-state index in [1.54, 1.807) is 18.5 Å². The summed E-state index contributed by atoms with van der Waals surface area (Å²) in [5.41, 5.74) is 3.25. The van der Waals surface area contributed by atoms with E-state index in [4.69, 9.17) is 4.74 Å². The van der Waals surface area contributed by atoms with Gasteiger partial charge in [0, 0.05) is 66.0 Å². The van der Waals surface area contributed by atoms with Gasteiger partial charge in [-0.1, -0.05) is 36.8 Å². The van der Waals surface area contributed by atoms with Gasteiger partial charge in [0.2, 0.25) is 5.91 Å². The van der Waals surface area contributed by atoms with Gasteiger partial charge in [-0.15, -0.1) is 0 Å². The first kappa shape index (κ1) is 28.3. The number of imidazole rings is 1. The van der Waals surface area contributed by atoms with Crippen LogP contribution in [-0.2, 0) is 16.6 Å². The van der Waals surface area contributed by atoms with E-state index < -0.39 is 11.6 Å². The lowest BCUT2D eigenvalue weighted by molar-refractivity contribution is -0.130. The number of carbonyl (C=O) groups is 1. The molecular weight excluding hydrogens is 558 g/mol. The number of nitrogens with zero attached hydrogens (tertiary/aromatic N) is 2. The number of hydrogen-bond acceptors (Lipinski definition) is 3. The van der Waals surface area contributed by atoms with Crippen LogP contribution in [0.3, 0.4) is 0 Å². The number of carbonyl (C=O) groups excluding carboxylic acids is 1. The van der Waals surface area contributed by atoms with Crippen LogP contribution in [0.5, 0.6) is 11.5 Å². The lowest BCUT2D eigenvalue weighted by Gasteiger charge is -2.31. The highest BCUT2D eigenvalue weighted by Crippen LogP contribution is 2.51. The summed E-state index contributed by atoms with van der Waals surface area (Å²) in [5.74, 6) is -0.289. The molecule has 6 nitrogen and oxygen atoms in total. The van der Waals surface area contributed by atoms with Crippen LogP contribution >= 0.6 is 0 Å². The molecule has 2 N–H and O–H groups in total. The summed E-state index contributed by atoms with van der Waals surface area (Å²) in [5, 5.41) is 0.791. The van der Waals surface area contributed by atoms with E-state index in [0.717, 1.165) is 48.7 Å². The molecule has 1 aliphatic heterocycles. The maximum Gasteiger partial charge on any atom is 0.222 e. The molecule has 3 aromatic carbocycles. The minimum Gasteiger partial charge on any atom is -0.454 e.